The van der Waals surface area contributed by atoms with Gasteiger partial charge < -0.3 is 10.1 Å². The Hall–Kier alpha value is -2.28. The Morgan fingerprint density at radius 2 is 2.03 bits per heavy atom. The molecule has 198 valence electrons. The van der Waals surface area contributed by atoms with Crippen molar-refractivity contribution in [1.82, 2.24) is 4.98 Å². The highest BCUT2D eigenvalue weighted by molar-refractivity contribution is 7.16. The molecule has 4 aliphatic rings. The van der Waals surface area contributed by atoms with Crippen LogP contribution in [0, 0.1) is 40.2 Å². The Morgan fingerprint density at radius 3 is 2.81 bits per heavy atom. The van der Waals surface area contributed by atoms with E-state index in [1.54, 1.807) is 11.3 Å². The maximum Gasteiger partial charge on any atom is 0.306 e. The van der Waals surface area contributed by atoms with E-state index in [-0.39, 0.29) is 28.6 Å². The predicted octanol–water partition coefficient (Wildman–Crippen LogP) is 8.06. The molecule has 2 fully saturated rings. The van der Waals surface area contributed by atoms with E-state index in [2.05, 4.69) is 25.2 Å². The van der Waals surface area contributed by atoms with Crippen molar-refractivity contribution in [2.24, 2.45) is 28.6 Å². The minimum Gasteiger partial charge on any atom is -0.462 e. The number of anilines is 2. The normalized spacial score (nSPS) is 34.0. The number of fused-ring (bicyclic) bond motifs is 7. The molecule has 0 spiro atoms. The Bertz CT molecular complexity index is 1260. The molecule has 0 aliphatic heterocycles. The molecule has 0 radical (unpaired) electrons. The summed E-state index contributed by atoms with van der Waals surface area (Å²) in [5.74, 6) is 0.569. The number of hydrogen-bond donors (Lipinski definition) is 1. The van der Waals surface area contributed by atoms with E-state index in [0.717, 1.165) is 63.1 Å². The summed E-state index contributed by atoms with van der Waals surface area (Å²) >= 11 is 1.59. The van der Waals surface area contributed by atoms with Gasteiger partial charge in [-0.15, -0.1) is 0 Å². The minimum atomic E-state index is -0.613. The summed E-state index contributed by atoms with van der Waals surface area (Å²) in [6.45, 7) is 6.85. The fourth-order valence-corrected chi connectivity index (χ4v) is 9.40. The predicted molar refractivity (Wildman–Crippen MR) is 143 cm³/mol. The van der Waals surface area contributed by atoms with Crippen molar-refractivity contribution in [2.45, 2.75) is 84.7 Å². The monoisotopic (exact) mass is 526 g/mol. The first kappa shape index (κ1) is 25.0. The first-order chi connectivity index (χ1) is 17.7. The Kier molecular flexibility index (Phi) is 6.21. The highest BCUT2D eigenvalue weighted by atomic mass is 32.1. The summed E-state index contributed by atoms with van der Waals surface area (Å²) < 4.78 is 33.6. The van der Waals surface area contributed by atoms with Gasteiger partial charge >= 0.3 is 5.97 Å². The van der Waals surface area contributed by atoms with Crippen LogP contribution in [0.1, 0.15) is 82.7 Å². The van der Waals surface area contributed by atoms with Crippen LogP contribution in [-0.2, 0) is 16.0 Å². The number of aryl methyl sites for hydroxylation is 1. The van der Waals surface area contributed by atoms with Crippen molar-refractivity contribution in [3.8, 4) is 0 Å². The van der Waals surface area contributed by atoms with E-state index in [4.69, 9.17) is 9.72 Å². The van der Waals surface area contributed by atoms with E-state index in [9.17, 15) is 13.6 Å². The molecule has 0 bridgehead atoms. The fourth-order valence-electron chi connectivity index (χ4n) is 8.20. The summed E-state index contributed by atoms with van der Waals surface area (Å²) in [5.41, 5.74) is 2.91. The lowest BCUT2D eigenvalue weighted by Gasteiger charge is -2.56. The average Bonchev–Trinajstić information content (AvgIpc) is 3.41. The van der Waals surface area contributed by atoms with Crippen LogP contribution in [0.4, 0.5) is 19.6 Å². The third-order valence-electron chi connectivity index (χ3n) is 10.1. The summed E-state index contributed by atoms with van der Waals surface area (Å²) in [5, 5.41) is 3.74. The van der Waals surface area contributed by atoms with Crippen LogP contribution in [0.3, 0.4) is 0 Å². The number of rotatable bonds is 5. The van der Waals surface area contributed by atoms with Crippen LogP contribution in [0.15, 0.2) is 24.3 Å². The van der Waals surface area contributed by atoms with E-state index >= 15 is 0 Å². The fraction of sp³-hybridized carbons (Fsp3) is 0.600. The summed E-state index contributed by atoms with van der Waals surface area (Å²) in [6.07, 6.45) is 11.3. The van der Waals surface area contributed by atoms with E-state index in [0.29, 0.717) is 29.3 Å². The second-order valence-electron chi connectivity index (χ2n) is 12.0. The van der Waals surface area contributed by atoms with Crippen molar-refractivity contribution < 1.29 is 18.3 Å². The number of esters is 1. The molecule has 7 heteroatoms. The quantitative estimate of drug-likeness (QED) is 0.400. The first-order valence-electron chi connectivity index (χ1n) is 13.8. The number of nitrogens with zero attached hydrogens (tertiary/aromatic N) is 1. The van der Waals surface area contributed by atoms with Crippen molar-refractivity contribution in [1.29, 1.82) is 0 Å². The van der Waals surface area contributed by atoms with Crippen LogP contribution < -0.4 is 5.32 Å². The lowest BCUT2D eigenvalue weighted by Crippen LogP contribution is -2.50. The van der Waals surface area contributed by atoms with Crippen molar-refractivity contribution in [2.75, 3.05) is 5.32 Å². The molecule has 4 nitrogen and oxygen atoms in total. The molecule has 6 rings (SSSR count). The van der Waals surface area contributed by atoms with Crippen molar-refractivity contribution in [3.63, 3.8) is 0 Å². The number of benzene rings is 1. The molecule has 2 aromatic rings. The maximum atomic E-state index is 14.2. The lowest BCUT2D eigenvalue weighted by molar-refractivity contribution is -0.159. The molecule has 1 N–H and O–H groups in total. The van der Waals surface area contributed by atoms with Gasteiger partial charge in [0.15, 0.2) is 5.13 Å². The molecule has 1 heterocycles. The average molecular weight is 527 g/mol. The molecule has 0 unspecified atom stereocenters. The molecule has 0 saturated heterocycles. The van der Waals surface area contributed by atoms with Gasteiger partial charge in [0.05, 0.1) is 16.3 Å². The van der Waals surface area contributed by atoms with Crippen LogP contribution in [0.5, 0.6) is 0 Å². The Labute approximate surface area is 221 Å². The zero-order valence-electron chi connectivity index (χ0n) is 21.9. The number of ether oxygens (including phenoxy) is 1. The number of allylic oxidation sites excluding steroid dienone is 2. The molecular weight excluding hydrogens is 490 g/mol. The van der Waals surface area contributed by atoms with Gasteiger partial charge in [-0.05, 0) is 92.2 Å². The van der Waals surface area contributed by atoms with Gasteiger partial charge in [0, 0.05) is 17.9 Å². The number of halogens is 2. The minimum absolute atomic E-state index is 0.0378. The highest BCUT2D eigenvalue weighted by Gasteiger charge is 2.60. The summed E-state index contributed by atoms with van der Waals surface area (Å²) in [6, 6.07) is 3.58. The number of hydrogen-bond acceptors (Lipinski definition) is 5. The number of aromatic nitrogens is 1. The van der Waals surface area contributed by atoms with Gasteiger partial charge in [-0.25, -0.2) is 13.8 Å². The number of carbonyl (C=O) groups excluding carboxylic acids is 1. The number of thiazole rings is 1. The van der Waals surface area contributed by atoms with Gasteiger partial charge in [0.2, 0.25) is 0 Å². The van der Waals surface area contributed by atoms with Crippen molar-refractivity contribution >= 4 is 33.7 Å². The first-order valence-corrected chi connectivity index (χ1v) is 14.7. The van der Waals surface area contributed by atoms with E-state index < -0.39 is 11.6 Å². The largest absolute Gasteiger partial charge is 0.462 e. The molecule has 0 amide bonds. The smallest absolute Gasteiger partial charge is 0.306 e. The topological polar surface area (TPSA) is 51.2 Å². The molecule has 1 aromatic carbocycles. The highest BCUT2D eigenvalue weighted by Crippen LogP contribution is 2.66. The lowest BCUT2D eigenvalue weighted by atomic mass is 9.48. The second kappa shape index (κ2) is 9.18. The molecule has 2 saturated carbocycles. The number of nitrogens with one attached hydrogen (secondary N) is 1. The van der Waals surface area contributed by atoms with E-state index in [1.165, 1.54) is 22.6 Å². The molecule has 6 atom stereocenters. The molecular formula is C30H36F2N2O2S. The Morgan fingerprint density at radius 1 is 1.19 bits per heavy atom. The third kappa shape index (κ3) is 4.03. The Balaban J connectivity index is 1.25. The third-order valence-corrected chi connectivity index (χ3v) is 11.1. The maximum absolute atomic E-state index is 14.2. The van der Waals surface area contributed by atoms with Crippen molar-refractivity contribution in [3.05, 3.63) is 46.5 Å². The van der Waals surface area contributed by atoms with Gasteiger partial charge in [-0.3, -0.25) is 4.79 Å². The van der Waals surface area contributed by atoms with Crippen LogP contribution in [0.2, 0.25) is 0 Å². The SMILES string of the molecule is CCCC(=O)O[C@H]1CC[C@H]2[C@@H]3CC=C4c5sc(Nc6ccc(F)cc6F)nc5CC[C@]4(C)[C@H]3CC[C@]12C. The van der Waals surface area contributed by atoms with Crippen LogP contribution >= 0.6 is 11.3 Å². The van der Waals surface area contributed by atoms with Gasteiger partial charge in [-0.2, -0.15) is 0 Å². The standard InChI is InChI=1S/C30H36F2N2O2S/c1-4-5-26(35)36-25-11-9-19-18-7-8-21-27-24(13-15-29(21,2)20(18)12-14-30(19,25)3)34-28(37-27)33-23-10-6-17(31)16-22(23)32/h6,8,10,16,18-20,25H,4-5,7,9,11-15H2,1-3H3,(H,33,34)/t18-,19-,20-,25-,29+,30-/m0/s1. The zero-order valence-corrected chi connectivity index (χ0v) is 22.7. The zero-order chi connectivity index (χ0) is 25.9. The number of carbonyl (C=O) groups is 1. The molecule has 4 aliphatic carbocycles. The van der Waals surface area contributed by atoms with Crippen LogP contribution in [-0.4, -0.2) is 17.1 Å². The van der Waals surface area contributed by atoms with Gasteiger partial charge in [0.25, 0.3) is 0 Å². The second-order valence-corrected chi connectivity index (χ2v) is 13.0. The molecule has 37 heavy (non-hydrogen) atoms. The van der Waals surface area contributed by atoms with Gasteiger partial charge in [-0.1, -0.05) is 38.2 Å². The summed E-state index contributed by atoms with van der Waals surface area (Å²) in [7, 11) is 0. The molecule has 1 aromatic heterocycles. The van der Waals surface area contributed by atoms with Crippen LogP contribution in [0.25, 0.3) is 5.57 Å². The van der Waals surface area contributed by atoms with E-state index in [1.807, 2.05) is 6.92 Å². The summed E-state index contributed by atoms with van der Waals surface area (Å²) in [4.78, 5) is 18.4. The van der Waals surface area contributed by atoms with Gasteiger partial charge in [0.1, 0.15) is 17.7 Å².